The molecule has 3 rings (SSSR count). The number of fused-ring (bicyclic) bond motifs is 1. The number of ether oxygens (including phenoxy) is 2. The molecule has 0 unspecified atom stereocenters. The van der Waals surface area contributed by atoms with Gasteiger partial charge >= 0.3 is 0 Å². The van der Waals surface area contributed by atoms with Crippen molar-refractivity contribution in [1.82, 2.24) is 4.98 Å². The number of carbonyl (C=O) groups is 1. The predicted molar refractivity (Wildman–Crippen MR) is 61.8 cm³/mol. The lowest BCUT2D eigenvalue weighted by Crippen LogP contribution is -2.05. The Morgan fingerprint density at radius 3 is 2.76 bits per heavy atom. The van der Waals surface area contributed by atoms with Gasteiger partial charge in [0.1, 0.15) is 5.69 Å². The van der Waals surface area contributed by atoms with E-state index in [1.807, 2.05) is 30.3 Å². The molecular weight excluding hydrogens is 218 g/mol. The quantitative estimate of drug-likeness (QED) is 0.740. The highest BCUT2D eigenvalue weighted by Crippen LogP contribution is 2.27. The number of carbonyl (C=O) groups excluding carboxylic acids is 1. The largest absolute Gasteiger partial charge is 0.346 e. The molecule has 4 nitrogen and oxygen atoms in total. The van der Waals surface area contributed by atoms with E-state index in [2.05, 4.69) is 4.98 Å². The van der Waals surface area contributed by atoms with E-state index < -0.39 is 6.29 Å². The first-order valence-corrected chi connectivity index (χ1v) is 5.46. The molecule has 0 N–H and O–H groups in total. The highest BCUT2D eigenvalue weighted by molar-refractivity contribution is 5.85. The van der Waals surface area contributed by atoms with Gasteiger partial charge in [-0.2, -0.15) is 0 Å². The molecule has 86 valence electrons. The second-order valence-electron chi connectivity index (χ2n) is 3.85. The summed E-state index contributed by atoms with van der Waals surface area (Å²) in [6, 6.07) is 9.57. The van der Waals surface area contributed by atoms with Crippen molar-refractivity contribution in [2.75, 3.05) is 13.2 Å². The van der Waals surface area contributed by atoms with Gasteiger partial charge in [-0.05, 0) is 12.1 Å². The number of benzene rings is 1. The fourth-order valence-corrected chi connectivity index (χ4v) is 1.97. The Morgan fingerprint density at radius 1 is 1.24 bits per heavy atom. The van der Waals surface area contributed by atoms with Gasteiger partial charge < -0.3 is 9.47 Å². The SMILES string of the molecule is O=Cc1nc2ccccc2cc1C1OCCO1. The van der Waals surface area contributed by atoms with E-state index >= 15 is 0 Å². The monoisotopic (exact) mass is 229 g/mol. The molecule has 2 aromatic rings. The standard InChI is InChI=1S/C13H11NO3/c15-8-12-10(13-16-5-6-17-13)7-9-3-1-2-4-11(9)14-12/h1-4,7-8,13H,5-6H2. The van der Waals surface area contributed by atoms with Gasteiger partial charge in [-0.1, -0.05) is 18.2 Å². The highest BCUT2D eigenvalue weighted by Gasteiger charge is 2.22. The maximum Gasteiger partial charge on any atom is 0.186 e. The van der Waals surface area contributed by atoms with E-state index in [0.717, 1.165) is 17.2 Å². The van der Waals surface area contributed by atoms with Crippen molar-refractivity contribution in [3.8, 4) is 0 Å². The van der Waals surface area contributed by atoms with Crippen LogP contribution in [0.15, 0.2) is 30.3 Å². The third-order valence-corrected chi connectivity index (χ3v) is 2.77. The topological polar surface area (TPSA) is 48.4 Å². The van der Waals surface area contributed by atoms with Crippen LogP contribution in [0.2, 0.25) is 0 Å². The number of aldehydes is 1. The van der Waals surface area contributed by atoms with Crippen LogP contribution in [-0.2, 0) is 9.47 Å². The molecule has 0 bridgehead atoms. The minimum absolute atomic E-state index is 0.385. The van der Waals surface area contributed by atoms with Gasteiger partial charge in [0.15, 0.2) is 12.6 Å². The second-order valence-corrected chi connectivity index (χ2v) is 3.85. The Labute approximate surface area is 98.2 Å². The summed E-state index contributed by atoms with van der Waals surface area (Å²) in [7, 11) is 0. The smallest absolute Gasteiger partial charge is 0.186 e. The maximum atomic E-state index is 11.1. The zero-order chi connectivity index (χ0) is 11.7. The summed E-state index contributed by atoms with van der Waals surface area (Å²) >= 11 is 0. The zero-order valence-electron chi connectivity index (χ0n) is 9.13. The first-order valence-electron chi connectivity index (χ1n) is 5.46. The van der Waals surface area contributed by atoms with Crippen molar-refractivity contribution < 1.29 is 14.3 Å². The van der Waals surface area contributed by atoms with Crippen molar-refractivity contribution in [3.63, 3.8) is 0 Å². The summed E-state index contributed by atoms with van der Waals surface area (Å²) in [5, 5.41) is 0.979. The van der Waals surface area contributed by atoms with Gasteiger partial charge in [0.05, 0.1) is 18.7 Å². The van der Waals surface area contributed by atoms with Gasteiger partial charge in [0.25, 0.3) is 0 Å². The highest BCUT2D eigenvalue weighted by atomic mass is 16.7. The predicted octanol–water partition coefficient (Wildman–Crippen LogP) is 2.09. The van der Waals surface area contributed by atoms with Crippen LogP contribution in [0.1, 0.15) is 22.3 Å². The van der Waals surface area contributed by atoms with Crippen LogP contribution < -0.4 is 0 Å². The molecule has 2 heterocycles. The molecule has 1 aromatic carbocycles. The Balaban J connectivity index is 2.17. The number of aromatic nitrogens is 1. The molecule has 17 heavy (non-hydrogen) atoms. The van der Waals surface area contributed by atoms with Crippen molar-refractivity contribution in [2.24, 2.45) is 0 Å². The van der Waals surface area contributed by atoms with Gasteiger partial charge in [0, 0.05) is 10.9 Å². The van der Waals surface area contributed by atoms with Crippen LogP contribution in [0.4, 0.5) is 0 Å². The van der Waals surface area contributed by atoms with Gasteiger partial charge in [-0.15, -0.1) is 0 Å². The molecule has 1 saturated heterocycles. The average Bonchev–Trinajstić information content (AvgIpc) is 2.91. The van der Waals surface area contributed by atoms with Crippen molar-refractivity contribution in [2.45, 2.75) is 6.29 Å². The second kappa shape index (κ2) is 4.24. The normalized spacial score (nSPS) is 16.5. The molecule has 0 amide bonds. The average molecular weight is 229 g/mol. The Hall–Kier alpha value is -1.78. The van der Waals surface area contributed by atoms with Crippen molar-refractivity contribution >= 4 is 17.2 Å². The lowest BCUT2D eigenvalue weighted by Gasteiger charge is -2.12. The van der Waals surface area contributed by atoms with E-state index in [4.69, 9.17) is 9.47 Å². The number of nitrogens with zero attached hydrogens (tertiary/aromatic N) is 1. The van der Waals surface area contributed by atoms with E-state index in [1.54, 1.807) is 0 Å². The minimum atomic E-state index is -0.465. The number of rotatable bonds is 2. The Kier molecular flexibility index (Phi) is 2.59. The molecule has 0 spiro atoms. The molecule has 0 aliphatic carbocycles. The van der Waals surface area contributed by atoms with Crippen LogP contribution in [0.25, 0.3) is 10.9 Å². The number of para-hydroxylation sites is 1. The Bertz CT molecular complexity index is 562. The fourth-order valence-electron chi connectivity index (χ4n) is 1.97. The number of hydrogen-bond acceptors (Lipinski definition) is 4. The third-order valence-electron chi connectivity index (χ3n) is 2.77. The molecule has 0 saturated carbocycles. The summed E-state index contributed by atoms with van der Waals surface area (Å²) in [6.45, 7) is 1.10. The van der Waals surface area contributed by atoms with E-state index in [9.17, 15) is 4.79 Å². The lowest BCUT2D eigenvalue weighted by atomic mass is 10.1. The lowest BCUT2D eigenvalue weighted by molar-refractivity contribution is -0.0445. The summed E-state index contributed by atoms with van der Waals surface area (Å²) in [6.07, 6.45) is 0.277. The van der Waals surface area contributed by atoms with Crippen LogP contribution in [-0.4, -0.2) is 24.5 Å². The maximum absolute atomic E-state index is 11.1. The molecule has 4 heteroatoms. The molecule has 1 aliphatic heterocycles. The minimum Gasteiger partial charge on any atom is -0.346 e. The molecule has 1 aliphatic rings. The van der Waals surface area contributed by atoms with E-state index in [-0.39, 0.29) is 0 Å². The van der Waals surface area contributed by atoms with Gasteiger partial charge in [0.2, 0.25) is 0 Å². The van der Waals surface area contributed by atoms with E-state index in [1.165, 1.54) is 0 Å². The summed E-state index contributed by atoms with van der Waals surface area (Å²) in [5.74, 6) is 0. The van der Waals surface area contributed by atoms with Crippen LogP contribution >= 0.6 is 0 Å². The van der Waals surface area contributed by atoms with Crippen LogP contribution in [0.3, 0.4) is 0 Å². The molecule has 1 fully saturated rings. The van der Waals surface area contributed by atoms with Crippen LogP contribution in [0.5, 0.6) is 0 Å². The van der Waals surface area contributed by atoms with Crippen LogP contribution in [0, 0.1) is 0 Å². The fraction of sp³-hybridized carbons (Fsp3) is 0.231. The Morgan fingerprint density at radius 2 is 2.00 bits per heavy atom. The molecule has 1 aromatic heterocycles. The van der Waals surface area contributed by atoms with Crippen molar-refractivity contribution in [3.05, 3.63) is 41.6 Å². The summed E-state index contributed by atoms with van der Waals surface area (Å²) in [4.78, 5) is 15.4. The summed E-state index contributed by atoms with van der Waals surface area (Å²) < 4.78 is 10.8. The van der Waals surface area contributed by atoms with E-state index in [0.29, 0.717) is 24.5 Å². The zero-order valence-corrected chi connectivity index (χ0v) is 9.13. The number of pyridine rings is 1. The molecular formula is C13H11NO3. The van der Waals surface area contributed by atoms with Crippen molar-refractivity contribution in [1.29, 1.82) is 0 Å². The first kappa shape index (κ1) is 10.4. The number of hydrogen-bond donors (Lipinski definition) is 0. The molecule has 0 atom stereocenters. The van der Waals surface area contributed by atoms with Gasteiger partial charge in [-0.3, -0.25) is 4.79 Å². The van der Waals surface area contributed by atoms with Gasteiger partial charge in [-0.25, -0.2) is 4.98 Å². The molecule has 0 radical (unpaired) electrons. The summed E-state index contributed by atoms with van der Waals surface area (Å²) in [5.41, 5.74) is 1.89. The third kappa shape index (κ3) is 1.81. The first-order chi connectivity index (χ1) is 8.38.